The third-order valence-electron chi connectivity index (χ3n) is 6.33. The molecule has 4 heterocycles. The van der Waals surface area contributed by atoms with E-state index in [9.17, 15) is 4.79 Å². The van der Waals surface area contributed by atoms with Crippen LogP contribution in [0.5, 0.6) is 0 Å². The summed E-state index contributed by atoms with van der Waals surface area (Å²) in [6.45, 7) is 4.09. The van der Waals surface area contributed by atoms with E-state index in [1.807, 2.05) is 24.4 Å². The lowest BCUT2D eigenvalue weighted by atomic mass is 9.95. The van der Waals surface area contributed by atoms with Crippen LogP contribution in [0.4, 0.5) is 11.6 Å². The minimum absolute atomic E-state index is 0.0908. The van der Waals surface area contributed by atoms with Gasteiger partial charge < -0.3 is 20.7 Å². The van der Waals surface area contributed by atoms with Gasteiger partial charge in [0, 0.05) is 30.0 Å². The third-order valence-corrected chi connectivity index (χ3v) is 6.83. The number of hydrogen-bond donors (Lipinski definition) is 3. The molecule has 0 bridgehead atoms. The van der Waals surface area contributed by atoms with Crippen LogP contribution < -0.4 is 16.0 Å². The fourth-order valence-corrected chi connectivity index (χ4v) is 5.01. The Morgan fingerprint density at radius 1 is 1.33 bits per heavy atom. The first-order chi connectivity index (χ1) is 16.1. The van der Waals surface area contributed by atoms with Crippen LogP contribution in [0.3, 0.4) is 0 Å². The van der Waals surface area contributed by atoms with Gasteiger partial charge in [0.25, 0.3) is 0 Å². The summed E-state index contributed by atoms with van der Waals surface area (Å²) in [5, 5.41) is 15.3. The highest BCUT2D eigenvalue weighted by molar-refractivity contribution is 9.10. The monoisotopic (exact) mass is 513 g/mol. The number of nitrogens with zero attached hydrogens (tertiary/aromatic N) is 4. The number of amides is 1. The molecule has 2 atom stereocenters. The summed E-state index contributed by atoms with van der Waals surface area (Å²) >= 11 is 3.53. The minimum Gasteiger partial charge on any atom is -0.383 e. The van der Waals surface area contributed by atoms with Crippen LogP contribution in [-0.2, 0) is 16.1 Å². The highest BCUT2D eigenvalue weighted by atomic mass is 79.9. The molecule has 33 heavy (non-hydrogen) atoms. The molecule has 3 aromatic rings. The topological polar surface area (TPSA) is 106 Å². The third kappa shape index (κ3) is 4.73. The Morgan fingerprint density at radius 3 is 3.06 bits per heavy atom. The maximum Gasteiger partial charge on any atom is 0.238 e. The molecule has 3 N–H and O–H groups in total. The summed E-state index contributed by atoms with van der Waals surface area (Å²) < 4.78 is 7.92. The lowest BCUT2D eigenvalue weighted by molar-refractivity contribution is -0.116. The number of ether oxygens (including phenoxy) is 1. The van der Waals surface area contributed by atoms with Crippen LogP contribution in [0.25, 0.3) is 11.0 Å². The minimum atomic E-state index is -0.522. The Labute approximate surface area is 200 Å². The van der Waals surface area contributed by atoms with Crippen molar-refractivity contribution in [2.45, 2.75) is 31.7 Å². The van der Waals surface area contributed by atoms with E-state index in [0.29, 0.717) is 36.4 Å². The fourth-order valence-electron chi connectivity index (χ4n) is 4.63. The number of nitrogens with one attached hydrogen (secondary N) is 3. The quantitative estimate of drug-likeness (QED) is 0.424. The van der Waals surface area contributed by atoms with Crippen molar-refractivity contribution >= 4 is 44.5 Å². The van der Waals surface area contributed by atoms with Crippen molar-refractivity contribution in [1.82, 2.24) is 25.1 Å². The molecule has 10 heteroatoms. The summed E-state index contributed by atoms with van der Waals surface area (Å²) in [7, 11) is 1.66. The van der Waals surface area contributed by atoms with E-state index in [1.165, 1.54) is 12.8 Å². The Hall–Kier alpha value is -2.56. The predicted octanol–water partition coefficient (Wildman–Crippen LogP) is 3.12. The van der Waals surface area contributed by atoms with E-state index in [2.05, 4.69) is 42.0 Å². The number of hydrogen-bond acceptors (Lipinski definition) is 7. The molecule has 2 aliphatic heterocycles. The Bertz CT molecular complexity index is 1160. The number of carbonyl (C=O) groups excluding carboxylic acids is 1. The molecule has 0 radical (unpaired) electrons. The van der Waals surface area contributed by atoms with Crippen LogP contribution in [-0.4, -0.2) is 59.0 Å². The van der Waals surface area contributed by atoms with Crippen molar-refractivity contribution in [2.75, 3.05) is 44.0 Å². The van der Waals surface area contributed by atoms with E-state index in [1.54, 1.807) is 11.8 Å². The Balaban J connectivity index is 1.48. The number of halogens is 1. The standard InChI is InChI=1S/C23H28BrN7O2/c1-33-10-9-31-13-17-20(19-16-11-15(24)4-5-18(16)27-22(19)32)28-23(29-21(17)30-31)26-8-6-14-3-2-7-25-12-14/h4-5,11,13-14,19,25H,2-3,6-10,12H2,1H3,(H,27,32)(H,26,29,30). The summed E-state index contributed by atoms with van der Waals surface area (Å²) in [5.41, 5.74) is 2.96. The van der Waals surface area contributed by atoms with Gasteiger partial charge in [-0.1, -0.05) is 15.9 Å². The number of methoxy groups -OCH3 is 1. The molecular formula is C23H28BrN7O2. The fraction of sp³-hybridized carbons (Fsp3) is 0.478. The van der Waals surface area contributed by atoms with E-state index >= 15 is 0 Å². The summed E-state index contributed by atoms with van der Waals surface area (Å²) in [5.74, 6) is 0.556. The zero-order chi connectivity index (χ0) is 22.8. The number of aromatic nitrogens is 4. The lowest BCUT2D eigenvalue weighted by Crippen LogP contribution is -2.30. The highest BCUT2D eigenvalue weighted by Gasteiger charge is 2.35. The molecule has 9 nitrogen and oxygen atoms in total. The normalized spacial score (nSPS) is 20.1. The van der Waals surface area contributed by atoms with Gasteiger partial charge in [0.2, 0.25) is 11.9 Å². The molecule has 1 saturated heterocycles. The Morgan fingerprint density at radius 2 is 2.24 bits per heavy atom. The van der Waals surface area contributed by atoms with Gasteiger partial charge in [-0.2, -0.15) is 10.1 Å². The number of anilines is 2. The summed E-state index contributed by atoms with van der Waals surface area (Å²) in [6.07, 6.45) is 5.43. The molecule has 1 fully saturated rings. The highest BCUT2D eigenvalue weighted by Crippen LogP contribution is 2.40. The van der Waals surface area contributed by atoms with Crippen molar-refractivity contribution in [3.63, 3.8) is 0 Å². The van der Waals surface area contributed by atoms with Gasteiger partial charge in [0.1, 0.15) is 5.92 Å². The van der Waals surface area contributed by atoms with E-state index in [0.717, 1.165) is 47.2 Å². The predicted molar refractivity (Wildman–Crippen MR) is 131 cm³/mol. The van der Waals surface area contributed by atoms with E-state index < -0.39 is 5.92 Å². The maximum atomic E-state index is 13.0. The molecule has 2 aliphatic rings. The van der Waals surface area contributed by atoms with E-state index in [-0.39, 0.29) is 5.91 Å². The lowest BCUT2D eigenvalue weighted by Gasteiger charge is -2.22. The van der Waals surface area contributed by atoms with Crippen molar-refractivity contribution in [1.29, 1.82) is 0 Å². The average molecular weight is 514 g/mol. The average Bonchev–Trinajstić information content (AvgIpc) is 3.37. The van der Waals surface area contributed by atoms with Crippen molar-refractivity contribution in [3.8, 4) is 0 Å². The van der Waals surface area contributed by atoms with Gasteiger partial charge in [0.05, 0.1) is 24.2 Å². The van der Waals surface area contributed by atoms with Gasteiger partial charge in [0.15, 0.2) is 5.65 Å². The molecule has 0 aliphatic carbocycles. The molecule has 0 saturated carbocycles. The maximum absolute atomic E-state index is 13.0. The molecule has 2 unspecified atom stereocenters. The van der Waals surface area contributed by atoms with Crippen LogP contribution in [0.15, 0.2) is 28.9 Å². The SMILES string of the molecule is COCCn1cc2c(C3C(=O)Nc4ccc(Br)cc43)nc(NCCC3CCCNC3)nc2n1. The van der Waals surface area contributed by atoms with Crippen LogP contribution in [0, 0.1) is 5.92 Å². The molecule has 0 spiro atoms. The second-order valence-electron chi connectivity index (χ2n) is 8.64. The van der Waals surface area contributed by atoms with Gasteiger partial charge in [-0.15, -0.1) is 0 Å². The summed E-state index contributed by atoms with van der Waals surface area (Å²) in [6, 6.07) is 5.81. The molecular weight excluding hydrogens is 486 g/mol. The van der Waals surface area contributed by atoms with Crippen molar-refractivity contribution < 1.29 is 9.53 Å². The molecule has 2 aromatic heterocycles. The number of piperidine rings is 1. The molecule has 174 valence electrons. The largest absolute Gasteiger partial charge is 0.383 e. The first-order valence-corrected chi connectivity index (χ1v) is 12.2. The molecule has 5 rings (SSSR count). The number of fused-ring (bicyclic) bond motifs is 2. The van der Waals surface area contributed by atoms with Crippen molar-refractivity contribution in [2.24, 2.45) is 5.92 Å². The van der Waals surface area contributed by atoms with E-state index in [4.69, 9.17) is 9.72 Å². The van der Waals surface area contributed by atoms with Gasteiger partial charge in [-0.05, 0) is 62.0 Å². The van der Waals surface area contributed by atoms with Crippen LogP contribution in [0.1, 0.15) is 36.4 Å². The van der Waals surface area contributed by atoms with Crippen molar-refractivity contribution in [3.05, 3.63) is 40.1 Å². The van der Waals surface area contributed by atoms with Gasteiger partial charge in [-0.3, -0.25) is 9.48 Å². The first-order valence-electron chi connectivity index (χ1n) is 11.4. The number of benzene rings is 1. The zero-order valence-corrected chi connectivity index (χ0v) is 20.2. The van der Waals surface area contributed by atoms with Gasteiger partial charge in [-0.25, -0.2) is 4.98 Å². The van der Waals surface area contributed by atoms with Crippen LogP contribution in [0.2, 0.25) is 0 Å². The molecule has 1 aromatic carbocycles. The second kappa shape index (κ2) is 9.74. The smallest absolute Gasteiger partial charge is 0.238 e. The zero-order valence-electron chi connectivity index (χ0n) is 18.6. The summed E-state index contributed by atoms with van der Waals surface area (Å²) in [4.78, 5) is 22.5. The van der Waals surface area contributed by atoms with Crippen LogP contribution >= 0.6 is 15.9 Å². The first kappa shape index (κ1) is 22.2. The molecule has 1 amide bonds. The van der Waals surface area contributed by atoms with Gasteiger partial charge >= 0.3 is 0 Å². The number of carbonyl (C=O) groups is 1. The second-order valence-corrected chi connectivity index (χ2v) is 9.55. The Kier molecular flexibility index (Phi) is 6.57. The number of rotatable bonds is 8.